The summed E-state index contributed by atoms with van der Waals surface area (Å²) in [5.74, 6) is 0.352. The number of carbonyl (C=O) groups excluding carboxylic acids is 1. The molecule has 5 heteroatoms. The van der Waals surface area contributed by atoms with E-state index in [2.05, 4.69) is 5.32 Å². The molecule has 1 amide bonds. The van der Waals surface area contributed by atoms with Crippen LogP contribution >= 0.6 is 0 Å². The fraction of sp³-hybridized carbons (Fsp3) is 0.417. The maximum absolute atomic E-state index is 11.6. The van der Waals surface area contributed by atoms with Gasteiger partial charge in [0.1, 0.15) is 11.5 Å². The van der Waals surface area contributed by atoms with E-state index in [9.17, 15) is 9.90 Å². The average molecular weight is 238 g/mol. The van der Waals surface area contributed by atoms with Gasteiger partial charge in [-0.25, -0.2) is 0 Å². The molecule has 0 heterocycles. The van der Waals surface area contributed by atoms with Crippen molar-refractivity contribution in [2.75, 3.05) is 12.4 Å². The van der Waals surface area contributed by atoms with E-state index in [1.165, 1.54) is 13.2 Å². The van der Waals surface area contributed by atoms with Crippen molar-refractivity contribution >= 4 is 11.6 Å². The van der Waals surface area contributed by atoms with Gasteiger partial charge in [-0.15, -0.1) is 0 Å². The number of benzene rings is 1. The fourth-order valence-electron chi connectivity index (χ4n) is 1.33. The summed E-state index contributed by atoms with van der Waals surface area (Å²) in [5.41, 5.74) is 6.00. The molecule has 5 nitrogen and oxygen atoms in total. The van der Waals surface area contributed by atoms with Gasteiger partial charge < -0.3 is 20.9 Å². The first-order valence-electron chi connectivity index (χ1n) is 5.49. The highest BCUT2D eigenvalue weighted by molar-refractivity contribution is 5.92. The summed E-state index contributed by atoms with van der Waals surface area (Å²) in [5, 5.41) is 12.2. The lowest BCUT2D eigenvalue weighted by molar-refractivity contribution is -0.116. The van der Waals surface area contributed by atoms with Crippen LogP contribution in [0.5, 0.6) is 11.5 Å². The lowest BCUT2D eigenvalue weighted by Gasteiger charge is -2.11. The van der Waals surface area contributed by atoms with Crippen LogP contribution in [0.15, 0.2) is 18.2 Å². The molecule has 0 spiro atoms. The van der Waals surface area contributed by atoms with Gasteiger partial charge in [-0.3, -0.25) is 4.79 Å². The molecule has 94 valence electrons. The molecule has 1 rings (SSSR count). The number of amides is 1. The third kappa shape index (κ3) is 3.96. The van der Waals surface area contributed by atoms with E-state index < -0.39 is 0 Å². The highest BCUT2D eigenvalue weighted by Gasteiger charge is 2.10. The SMILES string of the molecule is CCC(N)CC(=O)Nc1cc(OC)ccc1O. The van der Waals surface area contributed by atoms with Gasteiger partial charge >= 0.3 is 0 Å². The van der Waals surface area contributed by atoms with Gasteiger partial charge in [0.05, 0.1) is 12.8 Å². The van der Waals surface area contributed by atoms with E-state index in [4.69, 9.17) is 10.5 Å². The Hall–Kier alpha value is -1.75. The Morgan fingerprint density at radius 1 is 1.59 bits per heavy atom. The molecule has 0 saturated carbocycles. The molecule has 1 aromatic rings. The second-order valence-corrected chi connectivity index (χ2v) is 3.80. The molecule has 0 aliphatic heterocycles. The van der Waals surface area contributed by atoms with Crippen LogP contribution < -0.4 is 15.8 Å². The Balaban J connectivity index is 2.70. The largest absolute Gasteiger partial charge is 0.506 e. The van der Waals surface area contributed by atoms with E-state index in [-0.39, 0.29) is 24.1 Å². The number of anilines is 1. The summed E-state index contributed by atoms with van der Waals surface area (Å²) in [7, 11) is 1.52. The monoisotopic (exact) mass is 238 g/mol. The Morgan fingerprint density at radius 3 is 2.88 bits per heavy atom. The third-order valence-corrected chi connectivity index (χ3v) is 2.45. The van der Waals surface area contributed by atoms with Crippen molar-refractivity contribution in [3.05, 3.63) is 18.2 Å². The van der Waals surface area contributed by atoms with Gasteiger partial charge in [-0.1, -0.05) is 6.92 Å². The first kappa shape index (κ1) is 13.3. The van der Waals surface area contributed by atoms with Crippen molar-refractivity contribution in [3.63, 3.8) is 0 Å². The lowest BCUT2D eigenvalue weighted by Crippen LogP contribution is -2.26. The van der Waals surface area contributed by atoms with Gasteiger partial charge in [0.2, 0.25) is 5.91 Å². The van der Waals surface area contributed by atoms with Gasteiger partial charge in [0, 0.05) is 18.5 Å². The highest BCUT2D eigenvalue weighted by Crippen LogP contribution is 2.27. The zero-order valence-electron chi connectivity index (χ0n) is 10.1. The number of hydrogen-bond acceptors (Lipinski definition) is 4. The number of methoxy groups -OCH3 is 1. The Morgan fingerprint density at radius 2 is 2.29 bits per heavy atom. The maximum atomic E-state index is 11.6. The standard InChI is InChI=1S/C12H18N2O3/c1-3-8(13)6-12(16)14-10-7-9(17-2)4-5-11(10)15/h4-5,7-8,15H,3,6,13H2,1-2H3,(H,14,16). The van der Waals surface area contributed by atoms with Crippen molar-refractivity contribution < 1.29 is 14.6 Å². The third-order valence-electron chi connectivity index (χ3n) is 2.45. The van der Waals surface area contributed by atoms with Gasteiger partial charge in [0.15, 0.2) is 0 Å². The lowest BCUT2D eigenvalue weighted by atomic mass is 10.1. The summed E-state index contributed by atoms with van der Waals surface area (Å²) < 4.78 is 5.01. The minimum Gasteiger partial charge on any atom is -0.506 e. The fourth-order valence-corrected chi connectivity index (χ4v) is 1.33. The van der Waals surface area contributed by atoms with Crippen LogP contribution in [0, 0.1) is 0 Å². The van der Waals surface area contributed by atoms with E-state index in [1.807, 2.05) is 6.92 Å². The normalized spacial score (nSPS) is 11.9. The molecule has 0 aliphatic carbocycles. The van der Waals surface area contributed by atoms with Gasteiger partial charge in [-0.2, -0.15) is 0 Å². The zero-order chi connectivity index (χ0) is 12.8. The Kier molecular flexibility index (Phi) is 4.78. The highest BCUT2D eigenvalue weighted by atomic mass is 16.5. The second-order valence-electron chi connectivity index (χ2n) is 3.80. The number of carbonyl (C=O) groups is 1. The van der Waals surface area contributed by atoms with Crippen molar-refractivity contribution in [1.82, 2.24) is 0 Å². The van der Waals surface area contributed by atoms with Gasteiger partial charge in [0.25, 0.3) is 0 Å². The molecule has 1 aromatic carbocycles. The van der Waals surface area contributed by atoms with Crippen molar-refractivity contribution in [3.8, 4) is 11.5 Å². The smallest absolute Gasteiger partial charge is 0.226 e. The second kappa shape index (κ2) is 6.10. The molecule has 0 fully saturated rings. The molecule has 4 N–H and O–H groups in total. The number of ether oxygens (including phenoxy) is 1. The quantitative estimate of drug-likeness (QED) is 0.678. The maximum Gasteiger partial charge on any atom is 0.226 e. The molecular weight excluding hydrogens is 220 g/mol. The van der Waals surface area contributed by atoms with Crippen LogP contribution in [0.2, 0.25) is 0 Å². The zero-order valence-corrected chi connectivity index (χ0v) is 10.1. The summed E-state index contributed by atoms with van der Waals surface area (Å²) in [6, 6.07) is 4.48. The summed E-state index contributed by atoms with van der Waals surface area (Å²) in [4.78, 5) is 11.6. The molecule has 0 aromatic heterocycles. The van der Waals surface area contributed by atoms with Crippen LogP contribution in [-0.4, -0.2) is 24.2 Å². The van der Waals surface area contributed by atoms with Crippen LogP contribution in [-0.2, 0) is 4.79 Å². The molecule has 0 radical (unpaired) electrons. The van der Waals surface area contributed by atoms with E-state index >= 15 is 0 Å². The van der Waals surface area contributed by atoms with Gasteiger partial charge in [-0.05, 0) is 18.6 Å². The van der Waals surface area contributed by atoms with E-state index in [1.54, 1.807) is 12.1 Å². The molecule has 0 bridgehead atoms. The van der Waals surface area contributed by atoms with E-state index in [0.717, 1.165) is 6.42 Å². The number of hydrogen-bond donors (Lipinski definition) is 3. The average Bonchev–Trinajstić information content (AvgIpc) is 2.31. The molecule has 0 aliphatic rings. The van der Waals surface area contributed by atoms with Crippen molar-refractivity contribution in [1.29, 1.82) is 0 Å². The molecule has 0 saturated heterocycles. The predicted molar refractivity (Wildman–Crippen MR) is 66.2 cm³/mol. The number of phenolic OH excluding ortho intramolecular Hbond substituents is 1. The number of aromatic hydroxyl groups is 1. The minimum absolute atomic E-state index is 0.00391. The number of nitrogens with one attached hydrogen (secondary N) is 1. The van der Waals surface area contributed by atoms with Crippen LogP contribution in [0.4, 0.5) is 5.69 Å². The van der Waals surface area contributed by atoms with Crippen molar-refractivity contribution in [2.45, 2.75) is 25.8 Å². The van der Waals surface area contributed by atoms with Crippen LogP contribution in [0.1, 0.15) is 19.8 Å². The Labute approximate surface area is 101 Å². The molecule has 1 unspecified atom stereocenters. The van der Waals surface area contributed by atoms with Crippen LogP contribution in [0.3, 0.4) is 0 Å². The first-order chi connectivity index (χ1) is 8.06. The predicted octanol–water partition coefficient (Wildman–Crippen LogP) is 1.47. The van der Waals surface area contributed by atoms with E-state index in [0.29, 0.717) is 11.4 Å². The molecule has 1 atom stereocenters. The minimum atomic E-state index is -0.220. The number of rotatable bonds is 5. The molecule has 17 heavy (non-hydrogen) atoms. The number of phenols is 1. The summed E-state index contributed by atoms with van der Waals surface area (Å²) >= 11 is 0. The first-order valence-corrected chi connectivity index (χ1v) is 5.49. The summed E-state index contributed by atoms with van der Waals surface area (Å²) in [6.45, 7) is 1.92. The van der Waals surface area contributed by atoms with Crippen molar-refractivity contribution in [2.24, 2.45) is 5.73 Å². The number of nitrogens with two attached hydrogens (primary N) is 1. The van der Waals surface area contributed by atoms with Crippen LogP contribution in [0.25, 0.3) is 0 Å². The molecular formula is C12H18N2O3. The topological polar surface area (TPSA) is 84.6 Å². The Bertz CT molecular complexity index is 393. The summed E-state index contributed by atoms with van der Waals surface area (Å²) in [6.07, 6.45) is 0.963.